The third kappa shape index (κ3) is 2.74. The van der Waals surface area contributed by atoms with Crippen LogP contribution in [0.3, 0.4) is 0 Å². The molecule has 0 spiro atoms. The zero-order chi connectivity index (χ0) is 13.8. The summed E-state index contributed by atoms with van der Waals surface area (Å²) in [6.07, 6.45) is 3.41. The Bertz CT molecular complexity index is 603. The van der Waals surface area contributed by atoms with Crippen LogP contribution in [-0.4, -0.2) is 23.3 Å². The molecule has 0 amide bonds. The Labute approximate surface area is 117 Å². The molecule has 0 atom stereocenters. The lowest BCUT2D eigenvalue weighted by atomic mass is 10.2. The van der Waals surface area contributed by atoms with E-state index in [4.69, 9.17) is 9.47 Å². The zero-order valence-electron chi connectivity index (χ0n) is 11.2. The molecule has 104 valence electrons. The molecule has 0 aliphatic carbocycles. The van der Waals surface area contributed by atoms with Gasteiger partial charge in [-0.05, 0) is 24.6 Å². The molecule has 20 heavy (non-hydrogen) atoms. The lowest BCUT2D eigenvalue weighted by Crippen LogP contribution is -2.05. The number of fused-ring (bicyclic) bond motifs is 1. The number of rotatable bonds is 5. The minimum atomic E-state index is 0.294. The van der Waals surface area contributed by atoms with Gasteiger partial charge in [0.1, 0.15) is 11.6 Å². The Morgan fingerprint density at radius 2 is 1.90 bits per heavy atom. The lowest BCUT2D eigenvalue weighted by Gasteiger charge is -2.08. The smallest absolute Gasteiger partial charge is 0.231 e. The first-order valence-corrected chi connectivity index (χ1v) is 6.53. The van der Waals surface area contributed by atoms with Crippen molar-refractivity contribution >= 4 is 11.6 Å². The minimum absolute atomic E-state index is 0.294. The number of anilines is 2. The van der Waals surface area contributed by atoms with Crippen molar-refractivity contribution in [3.63, 3.8) is 0 Å². The standard InChI is InChI=1S/C14H16N4O2/c1-2-16-13-7-15-8-14(18-13)17-6-10-3-4-11-12(5-10)20-9-19-11/h3-5,7-8H,2,6,9H2,1H3,(H2,16,17,18). The normalized spacial score (nSPS) is 12.2. The summed E-state index contributed by atoms with van der Waals surface area (Å²) in [5.41, 5.74) is 1.10. The molecule has 3 rings (SSSR count). The van der Waals surface area contributed by atoms with Gasteiger partial charge < -0.3 is 20.1 Å². The third-order valence-corrected chi connectivity index (χ3v) is 2.90. The zero-order valence-corrected chi connectivity index (χ0v) is 11.2. The van der Waals surface area contributed by atoms with Gasteiger partial charge in [-0.25, -0.2) is 4.98 Å². The maximum atomic E-state index is 5.35. The van der Waals surface area contributed by atoms with Crippen LogP contribution >= 0.6 is 0 Å². The number of hydrogen-bond donors (Lipinski definition) is 2. The second kappa shape index (κ2) is 5.64. The van der Waals surface area contributed by atoms with Gasteiger partial charge in [-0.3, -0.25) is 4.98 Å². The fourth-order valence-corrected chi connectivity index (χ4v) is 1.96. The first kappa shape index (κ1) is 12.5. The number of nitrogens with zero attached hydrogens (tertiary/aromatic N) is 2. The molecule has 0 fully saturated rings. The Balaban J connectivity index is 1.65. The summed E-state index contributed by atoms with van der Waals surface area (Å²) in [5, 5.41) is 6.37. The van der Waals surface area contributed by atoms with Crippen LogP contribution in [0.4, 0.5) is 11.6 Å². The van der Waals surface area contributed by atoms with Crippen molar-refractivity contribution in [3.8, 4) is 11.5 Å². The van der Waals surface area contributed by atoms with E-state index in [9.17, 15) is 0 Å². The number of ether oxygens (including phenoxy) is 2. The van der Waals surface area contributed by atoms with Crippen molar-refractivity contribution in [1.82, 2.24) is 9.97 Å². The molecule has 6 heteroatoms. The number of nitrogens with one attached hydrogen (secondary N) is 2. The van der Waals surface area contributed by atoms with Gasteiger partial charge >= 0.3 is 0 Å². The summed E-state index contributed by atoms with van der Waals surface area (Å²) in [4.78, 5) is 8.55. The predicted octanol–water partition coefficient (Wildman–Crippen LogP) is 2.25. The van der Waals surface area contributed by atoms with E-state index in [0.717, 1.165) is 35.2 Å². The fraction of sp³-hybridized carbons (Fsp3) is 0.286. The quantitative estimate of drug-likeness (QED) is 0.870. The first-order chi connectivity index (χ1) is 9.85. The Morgan fingerprint density at radius 1 is 1.10 bits per heavy atom. The van der Waals surface area contributed by atoms with E-state index in [1.807, 2.05) is 25.1 Å². The maximum absolute atomic E-state index is 5.35. The Morgan fingerprint density at radius 3 is 2.75 bits per heavy atom. The van der Waals surface area contributed by atoms with Crippen LogP contribution in [-0.2, 0) is 6.54 Å². The molecule has 0 radical (unpaired) electrons. The second-order valence-corrected chi connectivity index (χ2v) is 4.36. The molecule has 0 bridgehead atoms. The molecule has 2 heterocycles. The van der Waals surface area contributed by atoms with Crippen molar-refractivity contribution in [2.45, 2.75) is 13.5 Å². The maximum Gasteiger partial charge on any atom is 0.231 e. The van der Waals surface area contributed by atoms with Crippen LogP contribution in [0, 0.1) is 0 Å². The number of benzene rings is 1. The molecule has 1 aromatic heterocycles. The van der Waals surface area contributed by atoms with E-state index in [1.165, 1.54) is 0 Å². The van der Waals surface area contributed by atoms with Crippen molar-refractivity contribution in [2.24, 2.45) is 0 Å². The first-order valence-electron chi connectivity index (χ1n) is 6.53. The summed E-state index contributed by atoms with van der Waals surface area (Å²) in [6, 6.07) is 5.89. The molecule has 6 nitrogen and oxygen atoms in total. The van der Waals surface area contributed by atoms with E-state index in [2.05, 4.69) is 20.6 Å². The van der Waals surface area contributed by atoms with Gasteiger partial charge in [0.25, 0.3) is 0 Å². The molecule has 2 aromatic rings. The van der Waals surface area contributed by atoms with Gasteiger partial charge in [0.2, 0.25) is 6.79 Å². The van der Waals surface area contributed by atoms with E-state index in [1.54, 1.807) is 12.4 Å². The molecule has 1 aromatic carbocycles. The van der Waals surface area contributed by atoms with Crippen LogP contribution in [0.15, 0.2) is 30.6 Å². The van der Waals surface area contributed by atoms with Crippen LogP contribution in [0.25, 0.3) is 0 Å². The molecule has 2 N–H and O–H groups in total. The SMILES string of the molecule is CCNc1cncc(NCc2ccc3c(c2)OCO3)n1. The largest absolute Gasteiger partial charge is 0.454 e. The topological polar surface area (TPSA) is 68.3 Å². The molecule has 1 aliphatic heterocycles. The molecule has 0 saturated carbocycles. The average molecular weight is 272 g/mol. The Hall–Kier alpha value is -2.50. The van der Waals surface area contributed by atoms with Crippen LogP contribution < -0.4 is 20.1 Å². The van der Waals surface area contributed by atoms with Crippen LogP contribution in [0.5, 0.6) is 11.5 Å². The van der Waals surface area contributed by atoms with Crippen LogP contribution in [0.2, 0.25) is 0 Å². The highest BCUT2D eigenvalue weighted by Gasteiger charge is 2.12. The van der Waals surface area contributed by atoms with Gasteiger partial charge in [0, 0.05) is 13.1 Å². The Kier molecular flexibility index (Phi) is 3.54. The highest BCUT2D eigenvalue weighted by Crippen LogP contribution is 2.32. The van der Waals surface area contributed by atoms with E-state index in [-0.39, 0.29) is 0 Å². The van der Waals surface area contributed by atoms with Crippen molar-refractivity contribution in [3.05, 3.63) is 36.2 Å². The average Bonchev–Trinajstić information content (AvgIpc) is 2.93. The fourth-order valence-electron chi connectivity index (χ4n) is 1.96. The number of aromatic nitrogens is 2. The lowest BCUT2D eigenvalue weighted by molar-refractivity contribution is 0.174. The van der Waals surface area contributed by atoms with E-state index in [0.29, 0.717) is 13.3 Å². The number of hydrogen-bond acceptors (Lipinski definition) is 6. The summed E-state index contributed by atoms with van der Waals surface area (Å²) in [7, 11) is 0. The second-order valence-electron chi connectivity index (χ2n) is 4.36. The van der Waals surface area contributed by atoms with E-state index >= 15 is 0 Å². The molecule has 1 aliphatic rings. The van der Waals surface area contributed by atoms with Crippen molar-refractivity contribution in [2.75, 3.05) is 24.0 Å². The third-order valence-electron chi connectivity index (χ3n) is 2.90. The summed E-state index contributed by atoms with van der Waals surface area (Å²) in [5.74, 6) is 3.09. The van der Waals surface area contributed by atoms with Crippen molar-refractivity contribution in [1.29, 1.82) is 0 Å². The van der Waals surface area contributed by atoms with Gasteiger partial charge in [-0.15, -0.1) is 0 Å². The highest BCUT2D eigenvalue weighted by molar-refractivity contribution is 5.46. The summed E-state index contributed by atoms with van der Waals surface area (Å²) >= 11 is 0. The molecular weight excluding hydrogens is 256 g/mol. The van der Waals surface area contributed by atoms with Gasteiger partial charge in [-0.2, -0.15) is 0 Å². The highest BCUT2D eigenvalue weighted by atomic mass is 16.7. The van der Waals surface area contributed by atoms with Gasteiger partial charge in [0.15, 0.2) is 11.5 Å². The predicted molar refractivity (Wildman–Crippen MR) is 76.1 cm³/mol. The van der Waals surface area contributed by atoms with Crippen molar-refractivity contribution < 1.29 is 9.47 Å². The van der Waals surface area contributed by atoms with Gasteiger partial charge in [-0.1, -0.05) is 6.07 Å². The summed E-state index contributed by atoms with van der Waals surface area (Å²) in [6.45, 7) is 3.79. The molecule has 0 unspecified atom stereocenters. The monoisotopic (exact) mass is 272 g/mol. The summed E-state index contributed by atoms with van der Waals surface area (Å²) < 4.78 is 10.6. The molecular formula is C14H16N4O2. The minimum Gasteiger partial charge on any atom is -0.454 e. The van der Waals surface area contributed by atoms with Gasteiger partial charge in [0.05, 0.1) is 12.4 Å². The van der Waals surface area contributed by atoms with E-state index < -0.39 is 0 Å². The molecule has 0 saturated heterocycles. The van der Waals surface area contributed by atoms with Crippen LogP contribution in [0.1, 0.15) is 12.5 Å².